The van der Waals surface area contributed by atoms with Gasteiger partial charge in [-0.3, -0.25) is 9.59 Å². The molecule has 2 bridgehead atoms. The number of allylic oxidation sites excluding steroid dienone is 1. The number of anilines is 1. The summed E-state index contributed by atoms with van der Waals surface area (Å²) in [6.07, 6.45) is 3.11. The third kappa shape index (κ3) is 8.67. The van der Waals surface area contributed by atoms with Crippen LogP contribution in [0.3, 0.4) is 0 Å². The summed E-state index contributed by atoms with van der Waals surface area (Å²) in [6, 6.07) is 10.1. The van der Waals surface area contributed by atoms with E-state index in [1.165, 1.54) is 31.4 Å². The third-order valence-electron chi connectivity index (χ3n) is 9.00. The number of sulfone groups is 1. The summed E-state index contributed by atoms with van der Waals surface area (Å²) in [5.74, 6) is -5.01. The molecule has 5 atom stereocenters. The Hall–Kier alpha value is -5.45. The summed E-state index contributed by atoms with van der Waals surface area (Å²) in [5, 5.41) is 17.3. The molecule has 3 aromatic rings. The zero-order valence-electron chi connectivity index (χ0n) is 29.4. The predicted octanol–water partition coefficient (Wildman–Crippen LogP) is 5.87. The van der Waals surface area contributed by atoms with E-state index in [0.717, 1.165) is 18.2 Å². The second kappa shape index (κ2) is 15.1. The lowest BCUT2D eigenvalue weighted by Gasteiger charge is -2.28. The number of hydrogen-bond acceptors (Lipinski definition) is 8. The van der Waals surface area contributed by atoms with Crippen molar-refractivity contribution in [3.63, 3.8) is 0 Å². The van der Waals surface area contributed by atoms with E-state index in [0.29, 0.717) is 23.6 Å². The Morgan fingerprint density at radius 1 is 0.963 bits per heavy atom. The highest BCUT2D eigenvalue weighted by Crippen LogP contribution is 2.45. The SMILES string of the molecule is COc1cc(F)c(-c2ccc(C[C@H](NC(=O)OC(C)(C)C)C(=O)O)cc2)cc1C(=O)N[C@H]1[C@@H](C(=O)Nc2cccc(S(=O)(=O)C(F)(F)F)c2)[C@@H]2C=C[C@H]1C2. The number of aliphatic carboxylic acids is 1. The van der Waals surface area contributed by atoms with Crippen LogP contribution >= 0.6 is 0 Å². The first-order chi connectivity index (χ1) is 25.2. The van der Waals surface area contributed by atoms with Crippen molar-refractivity contribution in [2.24, 2.45) is 17.8 Å². The number of amides is 3. The molecule has 2 aliphatic carbocycles. The number of ether oxygens (including phenoxy) is 2. The fourth-order valence-electron chi connectivity index (χ4n) is 6.53. The lowest BCUT2D eigenvalue weighted by Crippen LogP contribution is -2.47. The van der Waals surface area contributed by atoms with E-state index in [2.05, 4.69) is 16.0 Å². The number of benzene rings is 3. The number of alkyl carbamates (subject to hydrolysis) is 1. The summed E-state index contributed by atoms with van der Waals surface area (Å²) < 4.78 is 89.1. The van der Waals surface area contributed by atoms with Crippen LogP contribution in [0.1, 0.15) is 43.1 Å². The fraction of sp³-hybridized carbons (Fsp3) is 0.351. The quantitative estimate of drug-likeness (QED) is 0.137. The van der Waals surface area contributed by atoms with Crippen LogP contribution in [0.15, 0.2) is 77.7 Å². The number of carbonyl (C=O) groups excluding carboxylic acids is 3. The highest BCUT2D eigenvalue weighted by Gasteiger charge is 2.50. The van der Waals surface area contributed by atoms with Gasteiger partial charge < -0.3 is 30.5 Å². The topological polar surface area (TPSA) is 177 Å². The third-order valence-corrected chi connectivity index (χ3v) is 10.5. The summed E-state index contributed by atoms with van der Waals surface area (Å²) in [7, 11) is -4.43. The van der Waals surface area contributed by atoms with Crippen molar-refractivity contribution in [2.45, 2.75) is 61.7 Å². The Morgan fingerprint density at radius 3 is 2.24 bits per heavy atom. The molecule has 0 unspecified atom stereocenters. The Kier molecular flexibility index (Phi) is 11.1. The maximum absolute atomic E-state index is 15.4. The summed E-state index contributed by atoms with van der Waals surface area (Å²) >= 11 is 0. The molecular weight excluding hydrogens is 738 g/mol. The van der Waals surface area contributed by atoms with Crippen molar-refractivity contribution < 1.29 is 59.7 Å². The van der Waals surface area contributed by atoms with Crippen LogP contribution in [0.25, 0.3) is 11.1 Å². The molecule has 1 fully saturated rings. The first-order valence-corrected chi connectivity index (χ1v) is 18.1. The molecule has 3 amide bonds. The first-order valence-electron chi connectivity index (χ1n) is 16.6. The molecule has 3 aromatic carbocycles. The normalized spacial score (nSPS) is 19.9. The van der Waals surface area contributed by atoms with E-state index in [1.54, 1.807) is 39.0 Å². The van der Waals surface area contributed by atoms with Gasteiger partial charge in [0.05, 0.1) is 23.5 Å². The van der Waals surface area contributed by atoms with Gasteiger partial charge in [-0.1, -0.05) is 42.5 Å². The summed E-state index contributed by atoms with van der Waals surface area (Å²) in [4.78, 5) is 50.3. The van der Waals surface area contributed by atoms with Crippen LogP contribution in [0.4, 0.5) is 28.0 Å². The highest BCUT2D eigenvalue weighted by molar-refractivity contribution is 7.92. The fourth-order valence-corrected chi connectivity index (χ4v) is 7.34. The molecule has 17 heteroatoms. The van der Waals surface area contributed by atoms with Crippen LogP contribution in [0.2, 0.25) is 0 Å². The summed E-state index contributed by atoms with van der Waals surface area (Å²) in [5.41, 5.74) is -5.81. The van der Waals surface area contributed by atoms with E-state index in [1.807, 2.05) is 6.08 Å². The van der Waals surface area contributed by atoms with Gasteiger partial charge in [-0.15, -0.1) is 0 Å². The summed E-state index contributed by atoms with van der Waals surface area (Å²) in [6.45, 7) is 4.90. The van der Waals surface area contributed by atoms with Gasteiger partial charge in [0.1, 0.15) is 23.2 Å². The van der Waals surface area contributed by atoms with Gasteiger partial charge in [-0.05, 0) is 74.4 Å². The second-order valence-electron chi connectivity index (χ2n) is 13.9. The standard InChI is InChI=1S/C37H37F4N3O9S/c1-36(2,3)53-35(49)43-28(34(47)48)14-19-8-10-20(11-9-19)25-17-26(29(52-4)18-27(25)38)32(45)44-31-22-13-12-21(15-22)30(31)33(46)42-23-6-5-7-24(16-23)54(50,51)37(39,40)41/h5-13,16-18,21-22,28,30-31H,14-15H2,1-4H3,(H,42,46)(H,43,49)(H,44,45)(H,47,48)/t21-,22+,28+,30+,31-/m1/s1. The Morgan fingerprint density at radius 2 is 1.63 bits per heavy atom. The number of methoxy groups -OCH3 is 1. The number of alkyl halides is 3. The molecule has 0 aromatic heterocycles. The van der Waals surface area contributed by atoms with Gasteiger partial charge in [0.2, 0.25) is 5.91 Å². The maximum atomic E-state index is 15.4. The number of nitrogens with one attached hydrogen (secondary N) is 3. The minimum atomic E-state index is -5.67. The molecule has 12 nitrogen and oxygen atoms in total. The highest BCUT2D eigenvalue weighted by atomic mass is 32.2. The molecular formula is C37H37F4N3O9S. The average Bonchev–Trinajstić information content (AvgIpc) is 3.69. The number of carboxylic acids is 1. The minimum Gasteiger partial charge on any atom is -0.496 e. The number of rotatable bonds is 11. The number of halogens is 4. The van der Waals surface area contributed by atoms with Crippen LogP contribution < -0.4 is 20.7 Å². The molecule has 5 rings (SSSR count). The molecule has 0 radical (unpaired) electrons. The maximum Gasteiger partial charge on any atom is 0.501 e. The Balaban J connectivity index is 1.34. The van der Waals surface area contributed by atoms with Crippen molar-refractivity contribution in [2.75, 3.05) is 12.4 Å². The van der Waals surface area contributed by atoms with Crippen molar-refractivity contribution in [1.29, 1.82) is 0 Å². The van der Waals surface area contributed by atoms with E-state index < -0.39 is 73.5 Å². The molecule has 288 valence electrons. The zero-order chi connectivity index (χ0) is 39.7. The number of carboxylic acid groups (broad SMARTS) is 1. The van der Waals surface area contributed by atoms with Gasteiger partial charge >= 0.3 is 17.6 Å². The van der Waals surface area contributed by atoms with Crippen LogP contribution in [-0.2, 0) is 30.6 Å². The van der Waals surface area contributed by atoms with Gasteiger partial charge in [0.25, 0.3) is 15.7 Å². The molecule has 1 saturated carbocycles. The predicted molar refractivity (Wildman–Crippen MR) is 187 cm³/mol. The van der Waals surface area contributed by atoms with Crippen molar-refractivity contribution >= 4 is 39.4 Å². The molecule has 0 spiro atoms. The Bertz CT molecular complexity index is 2100. The number of carbonyl (C=O) groups is 4. The first kappa shape index (κ1) is 39.8. The van der Waals surface area contributed by atoms with E-state index in [-0.39, 0.29) is 40.8 Å². The largest absolute Gasteiger partial charge is 0.501 e. The Labute approximate surface area is 307 Å². The van der Waals surface area contributed by atoms with Gasteiger partial charge in [0.15, 0.2) is 0 Å². The van der Waals surface area contributed by atoms with Crippen LogP contribution in [0, 0.1) is 23.6 Å². The smallest absolute Gasteiger partial charge is 0.496 e. The molecule has 2 aliphatic rings. The average molecular weight is 776 g/mol. The number of fused-ring (bicyclic) bond motifs is 2. The van der Waals surface area contributed by atoms with E-state index >= 15 is 4.39 Å². The van der Waals surface area contributed by atoms with E-state index in [9.17, 15) is 45.9 Å². The van der Waals surface area contributed by atoms with E-state index in [4.69, 9.17) is 9.47 Å². The minimum absolute atomic E-state index is 0.00462. The van der Waals surface area contributed by atoms with Gasteiger partial charge in [0, 0.05) is 29.8 Å². The molecule has 0 aliphatic heterocycles. The van der Waals surface area contributed by atoms with Crippen molar-refractivity contribution in [3.8, 4) is 16.9 Å². The van der Waals surface area contributed by atoms with Crippen LogP contribution in [-0.4, -0.2) is 67.7 Å². The molecule has 4 N–H and O–H groups in total. The molecule has 0 heterocycles. The van der Waals surface area contributed by atoms with Crippen molar-refractivity contribution in [1.82, 2.24) is 10.6 Å². The van der Waals surface area contributed by atoms with Gasteiger partial charge in [-0.25, -0.2) is 22.4 Å². The van der Waals surface area contributed by atoms with Crippen molar-refractivity contribution in [3.05, 3.63) is 89.8 Å². The molecule has 54 heavy (non-hydrogen) atoms. The van der Waals surface area contributed by atoms with Crippen LogP contribution in [0.5, 0.6) is 5.75 Å². The second-order valence-corrected chi connectivity index (χ2v) is 15.9. The zero-order valence-corrected chi connectivity index (χ0v) is 30.2. The lowest BCUT2D eigenvalue weighted by molar-refractivity contribution is -0.139. The van der Waals surface area contributed by atoms with Gasteiger partial charge in [-0.2, -0.15) is 13.2 Å². The number of hydrogen-bond donors (Lipinski definition) is 4. The lowest BCUT2D eigenvalue weighted by atomic mass is 9.87. The monoisotopic (exact) mass is 775 g/mol. The molecule has 0 saturated heterocycles.